The van der Waals surface area contributed by atoms with Crippen LogP contribution in [0.2, 0.25) is 0 Å². The Morgan fingerprint density at radius 2 is 2.18 bits per heavy atom. The van der Waals surface area contributed by atoms with Crippen LogP contribution in [-0.2, 0) is 4.74 Å². The van der Waals surface area contributed by atoms with Crippen molar-refractivity contribution in [2.75, 3.05) is 37.0 Å². The molecule has 0 saturated carbocycles. The van der Waals surface area contributed by atoms with E-state index in [1.165, 1.54) is 0 Å². The van der Waals surface area contributed by atoms with Crippen LogP contribution in [0, 0.1) is 6.92 Å². The number of hydrogen-bond donors (Lipinski definition) is 1. The Morgan fingerprint density at radius 1 is 1.41 bits per heavy atom. The Labute approximate surface area is 102 Å². The highest BCUT2D eigenvalue weighted by molar-refractivity contribution is 5.57. The maximum Gasteiger partial charge on any atom is 0.137 e. The standard InChI is InChI=1S/C12H20N4O/c1-9-10(13-4)14-8-15-11(9)16-5-6-17-12(2,3)7-16/h8H,5-7H2,1-4H3,(H,13,14,15). The van der Waals surface area contributed by atoms with E-state index in [4.69, 9.17) is 4.74 Å². The first kappa shape index (κ1) is 12.1. The molecule has 1 aromatic heterocycles. The average molecular weight is 236 g/mol. The summed E-state index contributed by atoms with van der Waals surface area (Å²) >= 11 is 0. The van der Waals surface area contributed by atoms with E-state index >= 15 is 0 Å². The zero-order valence-electron chi connectivity index (χ0n) is 10.9. The smallest absolute Gasteiger partial charge is 0.137 e. The molecule has 1 saturated heterocycles. The van der Waals surface area contributed by atoms with Crippen molar-refractivity contribution in [2.24, 2.45) is 0 Å². The molecule has 0 atom stereocenters. The second kappa shape index (κ2) is 4.49. The van der Waals surface area contributed by atoms with Crippen LogP contribution in [-0.4, -0.2) is 42.3 Å². The molecule has 0 spiro atoms. The van der Waals surface area contributed by atoms with Crippen LogP contribution in [0.3, 0.4) is 0 Å². The van der Waals surface area contributed by atoms with Gasteiger partial charge in [0.05, 0.1) is 12.2 Å². The molecule has 2 rings (SSSR count). The minimum Gasteiger partial charge on any atom is -0.373 e. The van der Waals surface area contributed by atoms with Gasteiger partial charge in [-0.2, -0.15) is 0 Å². The topological polar surface area (TPSA) is 50.3 Å². The highest BCUT2D eigenvalue weighted by Gasteiger charge is 2.28. The first-order chi connectivity index (χ1) is 8.03. The number of ether oxygens (including phenoxy) is 1. The van der Waals surface area contributed by atoms with Gasteiger partial charge >= 0.3 is 0 Å². The third-order valence-electron chi connectivity index (χ3n) is 3.02. The van der Waals surface area contributed by atoms with Crippen molar-refractivity contribution in [2.45, 2.75) is 26.4 Å². The fourth-order valence-corrected chi connectivity index (χ4v) is 2.21. The van der Waals surface area contributed by atoms with Gasteiger partial charge < -0.3 is 15.0 Å². The van der Waals surface area contributed by atoms with Gasteiger partial charge in [0.25, 0.3) is 0 Å². The summed E-state index contributed by atoms with van der Waals surface area (Å²) in [5.74, 6) is 1.89. The summed E-state index contributed by atoms with van der Waals surface area (Å²) in [6.45, 7) is 8.73. The molecule has 0 unspecified atom stereocenters. The summed E-state index contributed by atoms with van der Waals surface area (Å²) in [6.07, 6.45) is 1.61. The first-order valence-electron chi connectivity index (χ1n) is 5.92. The molecule has 1 aromatic rings. The van der Waals surface area contributed by atoms with E-state index in [9.17, 15) is 0 Å². The summed E-state index contributed by atoms with van der Waals surface area (Å²) in [5.41, 5.74) is 0.975. The Bertz CT molecular complexity index is 405. The largest absolute Gasteiger partial charge is 0.373 e. The van der Waals surface area contributed by atoms with Gasteiger partial charge in [0, 0.05) is 25.7 Å². The van der Waals surface area contributed by atoms with Crippen molar-refractivity contribution in [3.63, 3.8) is 0 Å². The predicted octanol–water partition coefficient (Wildman–Crippen LogP) is 1.44. The van der Waals surface area contributed by atoms with Gasteiger partial charge in [0.1, 0.15) is 18.0 Å². The van der Waals surface area contributed by atoms with Crippen LogP contribution in [0.5, 0.6) is 0 Å². The van der Waals surface area contributed by atoms with Gasteiger partial charge in [-0.3, -0.25) is 0 Å². The van der Waals surface area contributed by atoms with E-state index in [1.54, 1.807) is 6.33 Å². The molecule has 1 N–H and O–H groups in total. The highest BCUT2D eigenvalue weighted by Crippen LogP contribution is 2.26. The number of hydrogen-bond acceptors (Lipinski definition) is 5. The van der Waals surface area contributed by atoms with E-state index in [0.717, 1.165) is 36.9 Å². The van der Waals surface area contributed by atoms with Gasteiger partial charge in [0.15, 0.2) is 0 Å². The highest BCUT2D eigenvalue weighted by atomic mass is 16.5. The lowest BCUT2D eigenvalue weighted by Crippen LogP contribution is -2.48. The monoisotopic (exact) mass is 236 g/mol. The maximum absolute atomic E-state index is 5.71. The Hall–Kier alpha value is -1.36. The Balaban J connectivity index is 2.28. The lowest BCUT2D eigenvalue weighted by molar-refractivity contribution is -0.0279. The number of anilines is 2. The van der Waals surface area contributed by atoms with Gasteiger partial charge in [-0.25, -0.2) is 9.97 Å². The summed E-state index contributed by atoms with van der Waals surface area (Å²) in [7, 11) is 1.88. The zero-order chi connectivity index (χ0) is 12.5. The van der Waals surface area contributed by atoms with Crippen molar-refractivity contribution < 1.29 is 4.74 Å². The third-order valence-corrected chi connectivity index (χ3v) is 3.02. The molecular formula is C12H20N4O. The Morgan fingerprint density at radius 3 is 2.82 bits per heavy atom. The van der Waals surface area contributed by atoms with Crippen molar-refractivity contribution in [1.29, 1.82) is 0 Å². The number of rotatable bonds is 2. The molecule has 1 fully saturated rings. The molecule has 17 heavy (non-hydrogen) atoms. The fraction of sp³-hybridized carbons (Fsp3) is 0.667. The quantitative estimate of drug-likeness (QED) is 0.842. The van der Waals surface area contributed by atoms with Gasteiger partial charge in [-0.1, -0.05) is 0 Å². The second-order valence-corrected chi connectivity index (χ2v) is 4.95. The van der Waals surface area contributed by atoms with E-state index in [2.05, 4.69) is 34.0 Å². The van der Waals surface area contributed by atoms with Crippen molar-refractivity contribution in [3.05, 3.63) is 11.9 Å². The van der Waals surface area contributed by atoms with Gasteiger partial charge in [-0.05, 0) is 20.8 Å². The second-order valence-electron chi connectivity index (χ2n) is 4.95. The average Bonchev–Trinajstić information content (AvgIpc) is 2.28. The summed E-state index contributed by atoms with van der Waals surface area (Å²) in [6, 6.07) is 0. The maximum atomic E-state index is 5.71. The molecule has 0 radical (unpaired) electrons. The minimum atomic E-state index is -0.116. The lowest BCUT2D eigenvalue weighted by atomic mass is 10.1. The molecule has 0 amide bonds. The molecule has 0 aliphatic carbocycles. The number of aromatic nitrogens is 2. The van der Waals surface area contributed by atoms with Crippen LogP contribution in [0.1, 0.15) is 19.4 Å². The summed E-state index contributed by atoms with van der Waals surface area (Å²) < 4.78 is 5.71. The van der Waals surface area contributed by atoms with E-state index in [0.29, 0.717) is 0 Å². The normalized spacial score (nSPS) is 19.2. The minimum absolute atomic E-state index is 0.116. The molecule has 1 aliphatic rings. The van der Waals surface area contributed by atoms with Crippen LogP contribution >= 0.6 is 0 Å². The number of nitrogens with zero attached hydrogens (tertiary/aromatic N) is 3. The Kier molecular flexibility index (Phi) is 3.19. The molecular weight excluding hydrogens is 216 g/mol. The summed E-state index contributed by atoms with van der Waals surface area (Å²) in [5, 5.41) is 3.09. The van der Waals surface area contributed by atoms with E-state index < -0.39 is 0 Å². The lowest BCUT2D eigenvalue weighted by Gasteiger charge is -2.39. The molecule has 1 aliphatic heterocycles. The fourth-order valence-electron chi connectivity index (χ4n) is 2.21. The van der Waals surface area contributed by atoms with Crippen molar-refractivity contribution >= 4 is 11.6 Å². The molecule has 0 aromatic carbocycles. The van der Waals surface area contributed by atoms with Gasteiger partial charge in [-0.15, -0.1) is 0 Å². The predicted molar refractivity (Wildman–Crippen MR) is 68.6 cm³/mol. The first-order valence-corrected chi connectivity index (χ1v) is 5.92. The molecule has 0 bridgehead atoms. The van der Waals surface area contributed by atoms with Crippen LogP contribution < -0.4 is 10.2 Å². The molecule has 2 heterocycles. The number of nitrogens with one attached hydrogen (secondary N) is 1. The zero-order valence-corrected chi connectivity index (χ0v) is 10.9. The molecule has 5 nitrogen and oxygen atoms in total. The number of morpholine rings is 1. The van der Waals surface area contributed by atoms with Crippen molar-refractivity contribution in [3.8, 4) is 0 Å². The summed E-state index contributed by atoms with van der Waals surface area (Å²) in [4.78, 5) is 10.9. The SMILES string of the molecule is CNc1ncnc(N2CCOC(C)(C)C2)c1C. The third kappa shape index (κ3) is 2.49. The van der Waals surface area contributed by atoms with E-state index in [1.807, 2.05) is 14.0 Å². The van der Waals surface area contributed by atoms with E-state index in [-0.39, 0.29) is 5.60 Å². The van der Waals surface area contributed by atoms with Crippen LogP contribution in [0.15, 0.2) is 6.33 Å². The van der Waals surface area contributed by atoms with Crippen LogP contribution in [0.25, 0.3) is 0 Å². The molecule has 94 valence electrons. The van der Waals surface area contributed by atoms with Crippen molar-refractivity contribution in [1.82, 2.24) is 9.97 Å². The molecule has 5 heteroatoms. The van der Waals surface area contributed by atoms with Crippen LogP contribution in [0.4, 0.5) is 11.6 Å². The van der Waals surface area contributed by atoms with Gasteiger partial charge in [0.2, 0.25) is 0 Å².